The van der Waals surface area contributed by atoms with Gasteiger partial charge in [0.1, 0.15) is 0 Å². The molecule has 7 heteroatoms. The third-order valence-corrected chi connectivity index (χ3v) is 2.26. The van der Waals surface area contributed by atoms with Crippen LogP contribution in [0.4, 0.5) is 5.69 Å². The highest BCUT2D eigenvalue weighted by molar-refractivity contribution is 5.88. The Labute approximate surface area is 107 Å². The second kappa shape index (κ2) is 5.13. The number of pyridine rings is 1. The molecular formula is C12H8N2O5. The van der Waals surface area contributed by atoms with Crippen LogP contribution in [0.1, 0.15) is 10.4 Å². The summed E-state index contributed by atoms with van der Waals surface area (Å²) >= 11 is 0. The van der Waals surface area contributed by atoms with Crippen molar-refractivity contribution in [3.63, 3.8) is 0 Å². The maximum atomic E-state index is 10.9. The van der Waals surface area contributed by atoms with Crippen LogP contribution in [0.5, 0.6) is 11.6 Å². The Bertz CT molecular complexity index is 627. The minimum atomic E-state index is -1.19. The van der Waals surface area contributed by atoms with E-state index in [2.05, 4.69) is 4.98 Å². The van der Waals surface area contributed by atoms with Crippen LogP contribution in [0.15, 0.2) is 42.6 Å². The second-order valence-corrected chi connectivity index (χ2v) is 3.51. The van der Waals surface area contributed by atoms with Crippen LogP contribution >= 0.6 is 0 Å². The number of aromatic carboxylic acids is 1. The van der Waals surface area contributed by atoms with Gasteiger partial charge in [-0.05, 0) is 12.1 Å². The van der Waals surface area contributed by atoms with Crippen molar-refractivity contribution in [3.05, 3.63) is 58.3 Å². The molecule has 0 bridgehead atoms. The number of rotatable bonds is 4. The van der Waals surface area contributed by atoms with E-state index in [0.717, 1.165) is 18.2 Å². The lowest BCUT2D eigenvalue weighted by molar-refractivity contribution is -0.385. The summed E-state index contributed by atoms with van der Waals surface area (Å²) in [6.45, 7) is 0. The van der Waals surface area contributed by atoms with Crippen LogP contribution in [-0.4, -0.2) is 21.0 Å². The molecule has 0 spiro atoms. The predicted octanol–water partition coefficient (Wildman–Crippen LogP) is 2.48. The fourth-order valence-corrected chi connectivity index (χ4v) is 1.40. The number of carboxylic acid groups (broad SMARTS) is 1. The molecule has 0 saturated carbocycles. The second-order valence-electron chi connectivity index (χ2n) is 3.51. The van der Waals surface area contributed by atoms with Gasteiger partial charge in [-0.2, -0.15) is 0 Å². The van der Waals surface area contributed by atoms with Gasteiger partial charge in [0.05, 0.1) is 10.5 Å². The third-order valence-electron chi connectivity index (χ3n) is 2.26. The number of ether oxygens (including phenoxy) is 1. The highest BCUT2D eigenvalue weighted by Crippen LogP contribution is 2.31. The molecule has 0 amide bonds. The van der Waals surface area contributed by atoms with Crippen LogP contribution < -0.4 is 4.74 Å². The number of nitro groups is 1. The van der Waals surface area contributed by atoms with E-state index in [1.54, 1.807) is 12.1 Å². The van der Waals surface area contributed by atoms with E-state index in [0.29, 0.717) is 0 Å². The molecule has 0 radical (unpaired) electrons. The topological polar surface area (TPSA) is 103 Å². The predicted molar refractivity (Wildman–Crippen MR) is 64.4 cm³/mol. The molecule has 0 aliphatic heterocycles. The minimum Gasteiger partial charge on any atom is -0.478 e. The van der Waals surface area contributed by atoms with E-state index >= 15 is 0 Å². The molecule has 19 heavy (non-hydrogen) atoms. The average Bonchev–Trinajstić information content (AvgIpc) is 2.39. The molecule has 0 atom stereocenters. The van der Waals surface area contributed by atoms with Crippen molar-refractivity contribution in [1.82, 2.24) is 4.98 Å². The number of hydrogen-bond acceptors (Lipinski definition) is 5. The third kappa shape index (κ3) is 2.83. The maximum Gasteiger partial charge on any atom is 0.335 e. The number of carbonyl (C=O) groups is 1. The standard InChI is InChI=1S/C12H8N2O5/c15-12(16)8-4-5-9(14(17)18)10(7-8)19-11-3-1-2-6-13-11/h1-7H,(H,15,16). The summed E-state index contributed by atoms with van der Waals surface area (Å²) in [4.78, 5) is 24.9. The summed E-state index contributed by atoms with van der Waals surface area (Å²) in [6.07, 6.45) is 1.46. The fraction of sp³-hybridized carbons (Fsp3) is 0. The zero-order chi connectivity index (χ0) is 13.8. The number of aromatic nitrogens is 1. The number of nitrogens with zero attached hydrogens (tertiary/aromatic N) is 2. The fourth-order valence-electron chi connectivity index (χ4n) is 1.40. The van der Waals surface area contributed by atoms with Gasteiger partial charge in [-0.25, -0.2) is 9.78 Å². The van der Waals surface area contributed by atoms with Crippen LogP contribution in [-0.2, 0) is 0 Å². The quantitative estimate of drug-likeness (QED) is 0.669. The average molecular weight is 260 g/mol. The number of benzene rings is 1. The van der Waals surface area contributed by atoms with E-state index in [-0.39, 0.29) is 22.9 Å². The van der Waals surface area contributed by atoms with Crippen molar-refractivity contribution in [2.24, 2.45) is 0 Å². The summed E-state index contributed by atoms with van der Waals surface area (Å²) in [5.74, 6) is -1.21. The zero-order valence-electron chi connectivity index (χ0n) is 9.52. The number of hydrogen-bond donors (Lipinski definition) is 1. The van der Waals surface area contributed by atoms with Gasteiger partial charge in [0.2, 0.25) is 11.6 Å². The van der Waals surface area contributed by atoms with Crippen molar-refractivity contribution >= 4 is 11.7 Å². The summed E-state index contributed by atoms with van der Waals surface area (Å²) in [6, 6.07) is 8.14. The lowest BCUT2D eigenvalue weighted by atomic mass is 10.2. The SMILES string of the molecule is O=C(O)c1ccc([N+](=O)[O-])c(Oc2ccccn2)c1. The van der Waals surface area contributed by atoms with Gasteiger partial charge in [0, 0.05) is 24.4 Å². The molecule has 1 N–H and O–H groups in total. The van der Waals surface area contributed by atoms with Gasteiger partial charge < -0.3 is 9.84 Å². The highest BCUT2D eigenvalue weighted by atomic mass is 16.6. The zero-order valence-corrected chi connectivity index (χ0v) is 9.52. The molecule has 0 aliphatic rings. The summed E-state index contributed by atoms with van der Waals surface area (Å²) in [5, 5.41) is 19.7. The van der Waals surface area contributed by atoms with Crippen molar-refractivity contribution in [2.75, 3.05) is 0 Å². The molecule has 0 unspecified atom stereocenters. The largest absolute Gasteiger partial charge is 0.478 e. The monoisotopic (exact) mass is 260 g/mol. The van der Waals surface area contributed by atoms with E-state index in [4.69, 9.17) is 9.84 Å². The molecule has 2 aromatic rings. The Morgan fingerprint density at radius 3 is 2.68 bits per heavy atom. The van der Waals surface area contributed by atoms with Gasteiger partial charge in [0.15, 0.2) is 0 Å². The molecule has 1 aromatic heterocycles. The van der Waals surface area contributed by atoms with Gasteiger partial charge in [-0.1, -0.05) is 6.07 Å². The first-order valence-electron chi connectivity index (χ1n) is 5.18. The van der Waals surface area contributed by atoms with Crippen molar-refractivity contribution in [1.29, 1.82) is 0 Å². The minimum absolute atomic E-state index is 0.100. The maximum absolute atomic E-state index is 10.9. The highest BCUT2D eigenvalue weighted by Gasteiger charge is 2.18. The van der Waals surface area contributed by atoms with Gasteiger partial charge >= 0.3 is 11.7 Å². The normalized spacial score (nSPS) is 9.89. The number of nitro benzene ring substituents is 1. The number of carboxylic acids is 1. The summed E-state index contributed by atoms with van der Waals surface area (Å²) < 4.78 is 5.25. The Morgan fingerprint density at radius 1 is 1.32 bits per heavy atom. The van der Waals surface area contributed by atoms with Crippen LogP contribution in [0.3, 0.4) is 0 Å². The van der Waals surface area contributed by atoms with E-state index < -0.39 is 10.9 Å². The lowest BCUT2D eigenvalue weighted by Gasteiger charge is -2.05. The van der Waals surface area contributed by atoms with Crippen LogP contribution in [0.2, 0.25) is 0 Å². The smallest absolute Gasteiger partial charge is 0.335 e. The van der Waals surface area contributed by atoms with Gasteiger partial charge in [-0.15, -0.1) is 0 Å². The van der Waals surface area contributed by atoms with Crippen LogP contribution in [0.25, 0.3) is 0 Å². The van der Waals surface area contributed by atoms with E-state index in [9.17, 15) is 14.9 Å². The van der Waals surface area contributed by atoms with Gasteiger partial charge in [-0.3, -0.25) is 10.1 Å². The van der Waals surface area contributed by atoms with Gasteiger partial charge in [0.25, 0.3) is 0 Å². The van der Waals surface area contributed by atoms with Crippen LogP contribution in [0, 0.1) is 10.1 Å². The summed E-state index contributed by atoms with van der Waals surface area (Å²) in [5.41, 5.74) is -0.424. The first-order chi connectivity index (χ1) is 9.08. The van der Waals surface area contributed by atoms with E-state index in [1.165, 1.54) is 12.3 Å². The lowest BCUT2D eigenvalue weighted by Crippen LogP contribution is -2.00. The Morgan fingerprint density at radius 2 is 2.11 bits per heavy atom. The molecule has 1 aromatic carbocycles. The molecular weight excluding hydrogens is 252 g/mol. The Balaban J connectivity index is 2.43. The molecule has 96 valence electrons. The van der Waals surface area contributed by atoms with Crippen molar-refractivity contribution in [3.8, 4) is 11.6 Å². The molecule has 0 fully saturated rings. The van der Waals surface area contributed by atoms with Crippen molar-refractivity contribution < 1.29 is 19.6 Å². The summed E-state index contributed by atoms with van der Waals surface area (Å²) in [7, 11) is 0. The Hall–Kier alpha value is -2.96. The first-order valence-corrected chi connectivity index (χ1v) is 5.18. The molecule has 7 nitrogen and oxygen atoms in total. The van der Waals surface area contributed by atoms with E-state index in [1.807, 2.05) is 0 Å². The Kier molecular flexibility index (Phi) is 3.37. The molecule has 1 heterocycles. The molecule has 2 rings (SSSR count). The molecule has 0 saturated heterocycles. The molecule has 0 aliphatic carbocycles. The van der Waals surface area contributed by atoms with Crippen molar-refractivity contribution in [2.45, 2.75) is 0 Å². The first kappa shape index (κ1) is 12.5.